The Morgan fingerprint density at radius 1 is 1.02 bits per heavy atom. The fourth-order valence-corrected chi connectivity index (χ4v) is 6.33. The third kappa shape index (κ3) is 6.03. The predicted octanol–water partition coefficient (Wildman–Crippen LogP) is 4.36. The number of hydrogen-bond acceptors (Lipinski definition) is 8. The third-order valence-corrected chi connectivity index (χ3v) is 10.7. The van der Waals surface area contributed by atoms with Crippen molar-refractivity contribution in [2.24, 2.45) is 0 Å². The van der Waals surface area contributed by atoms with Gasteiger partial charge in [0, 0.05) is 32.4 Å². The van der Waals surface area contributed by atoms with Crippen LogP contribution in [0.3, 0.4) is 0 Å². The molecule has 3 aromatic rings. The Morgan fingerprint density at radius 2 is 1.70 bits per heavy atom. The normalized spacial score (nSPS) is 26.4. The number of halogens is 1. The van der Waals surface area contributed by atoms with Gasteiger partial charge in [-0.1, -0.05) is 43.9 Å². The van der Waals surface area contributed by atoms with Crippen LogP contribution in [-0.4, -0.2) is 85.3 Å². The summed E-state index contributed by atoms with van der Waals surface area (Å²) < 4.78 is 53.8. The number of pyridine rings is 1. The maximum Gasteiger partial charge on any atom is 0.494 e. The number of nitrogens with zero attached hydrogens (tertiary/aromatic N) is 2. The average molecular weight is 613 g/mol. The van der Waals surface area contributed by atoms with Crippen molar-refractivity contribution in [1.29, 1.82) is 0 Å². The lowest BCUT2D eigenvalue weighted by molar-refractivity contribution is 0.00479. The van der Waals surface area contributed by atoms with Gasteiger partial charge in [0.25, 0.3) is 0 Å². The summed E-state index contributed by atoms with van der Waals surface area (Å²) in [7, 11) is -1.79. The Hall–Kier alpha value is -2.32. The monoisotopic (exact) mass is 612 g/mol. The Kier molecular flexibility index (Phi) is 8.02. The second-order valence-corrected chi connectivity index (χ2v) is 19.6. The number of benzene rings is 1. The maximum absolute atomic E-state index is 15.7. The third-order valence-electron chi connectivity index (χ3n) is 8.98. The zero-order valence-electron chi connectivity index (χ0n) is 26.1. The van der Waals surface area contributed by atoms with Gasteiger partial charge in [0.05, 0.1) is 35.4 Å². The summed E-state index contributed by atoms with van der Waals surface area (Å²) in [6, 6.07) is 11.8. The molecule has 43 heavy (non-hydrogen) atoms. The lowest BCUT2D eigenvalue weighted by Crippen LogP contribution is -2.41. The van der Waals surface area contributed by atoms with Gasteiger partial charge in [-0.05, 0) is 39.2 Å². The zero-order chi connectivity index (χ0) is 30.7. The first-order chi connectivity index (χ1) is 20.2. The summed E-state index contributed by atoms with van der Waals surface area (Å²) >= 11 is 0. The van der Waals surface area contributed by atoms with Gasteiger partial charge in [-0.3, -0.25) is 4.57 Å². The molecule has 3 fully saturated rings. The van der Waals surface area contributed by atoms with E-state index in [1.807, 2.05) is 52.0 Å². The first-order valence-electron chi connectivity index (χ1n) is 15.0. The molecule has 5 heterocycles. The van der Waals surface area contributed by atoms with E-state index in [2.05, 4.69) is 19.6 Å². The fraction of sp³-hybridized carbons (Fsp3) is 0.581. The highest BCUT2D eigenvalue weighted by molar-refractivity contribution is 6.76. The molecule has 0 unspecified atom stereocenters. The predicted molar refractivity (Wildman–Crippen MR) is 165 cm³/mol. The van der Waals surface area contributed by atoms with Crippen molar-refractivity contribution in [2.75, 3.05) is 19.8 Å². The first-order valence-corrected chi connectivity index (χ1v) is 18.7. The van der Waals surface area contributed by atoms with Crippen molar-refractivity contribution >= 4 is 31.7 Å². The summed E-state index contributed by atoms with van der Waals surface area (Å²) in [6.07, 6.45) is -1.89. The topological polar surface area (TPSA) is 93.4 Å². The van der Waals surface area contributed by atoms with Crippen LogP contribution in [0.4, 0.5) is 4.39 Å². The van der Waals surface area contributed by atoms with E-state index in [1.165, 1.54) is 6.07 Å². The van der Waals surface area contributed by atoms with Crippen molar-refractivity contribution in [3.05, 3.63) is 42.2 Å². The van der Waals surface area contributed by atoms with Gasteiger partial charge in [-0.2, -0.15) is 0 Å². The highest BCUT2D eigenvalue weighted by atomic mass is 28.3. The number of aliphatic hydroxyl groups is 1. The Bertz CT molecular complexity index is 1460. The standard InChI is InChI=1S/C31H42BFN2O7Si/c1-30(2)31(3,4)42-32(41-30)20-10-8-19(9-11-20)27-21(33)14-23-22(34-27)15-26(35(23)18-37-12-13-43(5,6)7)40-25-17-39-28-24(36)16-38-29(25)28/h8-11,14-15,24-25,28-29,36H,12-13,16-18H2,1-7H3/t24-,25-,28-,29-/m1/s1. The molecule has 3 aliphatic rings. The van der Waals surface area contributed by atoms with Gasteiger partial charge >= 0.3 is 7.12 Å². The number of hydrogen-bond donors (Lipinski definition) is 1. The molecule has 2 aromatic heterocycles. The van der Waals surface area contributed by atoms with Gasteiger partial charge in [-0.25, -0.2) is 9.37 Å². The van der Waals surface area contributed by atoms with E-state index in [1.54, 1.807) is 10.6 Å². The first kappa shape index (κ1) is 30.7. The van der Waals surface area contributed by atoms with Crippen LogP contribution < -0.4 is 10.2 Å². The van der Waals surface area contributed by atoms with Crippen LogP contribution in [-0.2, 0) is 30.3 Å². The fourth-order valence-electron chi connectivity index (χ4n) is 5.57. The van der Waals surface area contributed by atoms with Crippen LogP contribution >= 0.6 is 0 Å². The highest BCUT2D eigenvalue weighted by Crippen LogP contribution is 2.37. The minimum absolute atomic E-state index is 0.192. The molecule has 0 bridgehead atoms. The molecule has 9 nitrogen and oxygen atoms in total. The van der Waals surface area contributed by atoms with E-state index in [0.29, 0.717) is 29.1 Å². The van der Waals surface area contributed by atoms with Gasteiger partial charge in [0.1, 0.15) is 30.7 Å². The van der Waals surface area contributed by atoms with Crippen molar-refractivity contribution in [1.82, 2.24) is 9.55 Å². The molecule has 232 valence electrons. The van der Waals surface area contributed by atoms with Crippen molar-refractivity contribution < 1.29 is 37.8 Å². The van der Waals surface area contributed by atoms with Crippen molar-refractivity contribution in [3.63, 3.8) is 0 Å². The minimum atomic E-state index is -1.29. The highest BCUT2D eigenvalue weighted by Gasteiger charge is 2.52. The number of ether oxygens (including phenoxy) is 4. The molecule has 0 amide bonds. The van der Waals surface area contributed by atoms with Gasteiger partial charge in [0.2, 0.25) is 0 Å². The van der Waals surface area contributed by atoms with E-state index in [-0.39, 0.29) is 31.7 Å². The summed E-state index contributed by atoms with van der Waals surface area (Å²) in [6.45, 7) is 16.2. The molecular formula is C31H42BFN2O7Si. The van der Waals surface area contributed by atoms with E-state index >= 15 is 4.39 Å². The molecule has 3 saturated heterocycles. The van der Waals surface area contributed by atoms with E-state index in [0.717, 1.165) is 11.5 Å². The largest absolute Gasteiger partial charge is 0.494 e. The summed E-state index contributed by atoms with van der Waals surface area (Å²) in [4.78, 5) is 4.73. The second kappa shape index (κ2) is 11.2. The second-order valence-electron chi connectivity index (χ2n) is 14.0. The summed E-state index contributed by atoms with van der Waals surface area (Å²) in [5.41, 5.74) is 1.99. The van der Waals surface area contributed by atoms with Gasteiger partial charge in [0.15, 0.2) is 17.8 Å². The lowest BCUT2D eigenvalue weighted by atomic mass is 9.79. The number of aromatic nitrogens is 2. The Balaban J connectivity index is 1.27. The van der Waals surface area contributed by atoms with E-state index in [4.69, 9.17) is 33.2 Å². The number of rotatable bonds is 9. The van der Waals surface area contributed by atoms with Crippen LogP contribution in [0, 0.1) is 5.82 Å². The molecule has 4 atom stereocenters. The molecular weight excluding hydrogens is 570 g/mol. The Morgan fingerprint density at radius 3 is 2.37 bits per heavy atom. The molecule has 12 heteroatoms. The van der Waals surface area contributed by atoms with Crippen LogP contribution in [0.2, 0.25) is 25.7 Å². The smallest absolute Gasteiger partial charge is 0.470 e. The molecule has 0 radical (unpaired) electrons. The molecule has 0 spiro atoms. The molecule has 0 aliphatic carbocycles. The van der Waals surface area contributed by atoms with Crippen LogP contribution in [0.1, 0.15) is 27.7 Å². The summed E-state index contributed by atoms with van der Waals surface area (Å²) in [5, 5.41) is 10.2. The SMILES string of the molecule is CC1(C)OB(c2ccc(-c3nc4cc(O[C@@H]5CO[C@H]6[C@@H]5OC[C@H]6O)n(COCC[Si](C)(C)C)c4cc3F)cc2)OC1(C)C. The molecule has 1 aromatic carbocycles. The quantitative estimate of drug-likeness (QED) is 0.282. The number of fused-ring (bicyclic) bond motifs is 2. The minimum Gasteiger partial charge on any atom is -0.470 e. The van der Waals surface area contributed by atoms with Crippen LogP contribution in [0.5, 0.6) is 5.88 Å². The van der Waals surface area contributed by atoms with Crippen LogP contribution in [0.25, 0.3) is 22.3 Å². The molecule has 1 N–H and O–H groups in total. The van der Waals surface area contributed by atoms with E-state index in [9.17, 15) is 5.11 Å². The Labute approximate surface area is 253 Å². The number of aliphatic hydroxyl groups excluding tert-OH is 1. The molecule has 3 aliphatic heterocycles. The van der Waals surface area contributed by atoms with Crippen molar-refractivity contribution in [2.45, 2.75) is 95.7 Å². The average Bonchev–Trinajstić information content (AvgIpc) is 3.64. The van der Waals surface area contributed by atoms with Gasteiger partial charge in [-0.15, -0.1) is 0 Å². The molecule has 0 saturated carbocycles. The zero-order valence-corrected chi connectivity index (χ0v) is 27.1. The van der Waals surface area contributed by atoms with E-state index < -0.39 is 50.5 Å². The summed E-state index contributed by atoms with van der Waals surface area (Å²) in [5.74, 6) is 0.0396. The van der Waals surface area contributed by atoms with Gasteiger partial charge < -0.3 is 33.4 Å². The van der Waals surface area contributed by atoms with Crippen LogP contribution in [0.15, 0.2) is 36.4 Å². The maximum atomic E-state index is 15.7. The molecule has 6 rings (SSSR count). The van der Waals surface area contributed by atoms with Crippen molar-refractivity contribution in [3.8, 4) is 17.1 Å². The lowest BCUT2D eigenvalue weighted by Gasteiger charge is -2.32.